The van der Waals surface area contributed by atoms with Gasteiger partial charge in [0.05, 0.1) is 12.7 Å². The first-order valence-electron chi connectivity index (χ1n) is 11.1. The minimum atomic E-state index is -0.157. The number of hydrogen-bond donors (Lipinski definition) is 1. The molecule has 1 aliphatic rings. The van der Waals surface area contributed by atoms with Gasteiger partial charge in [-0.2, -0.15) is 0 Å². The molecule has 4 nitrogen and oxygen atoms in total. The number of hydrogen-bond acceptors (Lipinski definition) is 2. The molecule has 4 heteroatoms. The molecule has 0 fully saturated rings. The molecule has 1 amide bonds. The Hall–Kier alpha value is -3.53. The molecule has 1 atom stereocenters. The van der Waals surface area contributed by atoms with Crippen LogP contribution < -0.4 is 10.1 Å². The number of fused-ring (bicyclic) bond motifs is 3. The van der Waals surface area contributed by atoms with Crippen molar-refractivity contribution in [1.29, 1.82) is 0 Å². The highest BCUT2D eigenvalue weighted by Gasteiger charge is 2.38. The van der Waals surface area contributed by atoms with E-state index in [4.69, 9.17) is 4.74 Å². The number of carbonyl (C=O) groups is 1. The van der Waals surface area contributed by atoms with Crippen molar-refractivity contribution in [2.24, 2.45) is 7.05 Å². The summed E-state index contributed by atoms with van der Waals surface area (Å²) < 4.78 is 7.74. The minimum absolute atomic E-state index is 0.0959. The van der Waals surface area contributed by atoms with Gasteiger partial charge in [-0.15, -0.1) is 0 Å². The van der Waals surface area contributed by atoms with Crippen molar-refractivity contribution in [3.8, 4) is 5.75 Å². The average Bonchev–Trinajstić information content (AvgIpc) is 3.14. The molecule has 32 heavy (non-hydrogen) atoms. The Morgan fingerprint density at radius 2 is 1.72 bits per heavy atom. The Morgan fingerprint density at radius 1 is 1.00 bits per heavy atom. The van der Waals surface area contributed by atoms with Gasteiger partial charge in [-0.05, 0) is 48.6 Å². The van der Waals surface area contributed by atoms with E-state index in [-0.39, 0.29) is 11.3 Å². The van der Waals surface area contributed by atoms with Gasteiger partial charge < -0.3 is 14.6 Å². The molecule has 162 valence electrons. The third kappa shape index (κ3) is 3.36. The molecule has 5 rings (SSSR count). The lowest BCUT2D eigenvalue weighted by Crippen LogP contribution is -2.44. The molecule has 4 aromatic rings. The zero-order chi connectivity index (χ0) is 22.1. The lowest BCUT2D eigenvalue weighted by atomic mass is 9.68. The number of para-hydroxylation sites is 2. The van der Waals surface area contributed by atoms with Gasteiger partial charge >= 0.3 is 0 Å². The number of aromatic nitrogens is 1. The first-order valence-corrected chi connectivity index (χ1v) is 11.1. The number of rotatable bonds is 5. The summed E-state index contributed by atoms with van der Waals surface area (Å²) in [5.41, 5.74) is 5.78. The van der Waals surface area contributed by atoms with E-state index in [2.05, 4.69) is 71.5 Å². The van der Waals surface area contributed by atoms with Gasteiger partial charge in [0.25, 0.3) is 5.91 Å². The van der Waals surface area contributed by atoms with Crippen LogP contribution in [0, 0.1) is 0 Å². The van der Waals surface area contributed by atoms with Crippen molar-refractivity contribution in [1.82, 2.24) is 9.88 Å². The zero-order valence-electron chi connectivity index (χ0n) is 18.6. The van der Waals surface area contributed by atoms with Crippen LogP contribution in [0.15, 0.2) is 78.9 Å². The molecule has 0 bridgehead atoms. The summed E-state index contributed by atoms with van der Waals surface area (Å²) in [4.78, 5) is 13.1. The second kappa shape index (κ2) is 8.19. The summed E-state index contributed by atoms with van der Waals surface area (Å²) in [6.45, 7) is 0.580. The maximum Gasteiger partial charge on any atom is 0.255 e. The van der Waals surface area contributed by atoms with Crippen molar-refractivity contribution in [2.45, 2.75) is 24.7 Å². The number of carbonyl (C=O) groups excluding carboxylic acids is 1. The Balaban J connectivity index is 1.52. The Labute approximate surface area is 188 Å². The third-order valence-electron chi connectivity index (χ3n) is 7.02. The largest absolute Gasteiger partial charge is 0.496 e. The van der Waals surface area contributed by atoms with Crippen molar-refractivity contribution < 1.29 is 9.53 Å². The molecule has 1 N–H and O–H groups in total. The van der Waals surface area contributed by atoms with E-state index >= 15 is 0 Å². The molecule has 1 unspecified atom stereocenters. The highest BCUT2D eigenvalue weighted by Crippen LogP contribution is 2.42. The zero-order valence-corrected chi connectivity index (χ0v) is 18.6. The standard InChI is InChI=1S/C28H28N2O2/c1-30-24-14-8-6-12-21(24)23-18-28(17-16-25(23)30,20-10-4-3-5-11-20)19-29-27(31)22-13-7-9-15-26(22)32-2/h3-15H,16-19H2,1-2H3,(H,29,31). The predicted molar refractivity (Wildman–Crippen MR) is 128 cm³/mol. The number of methoxy groups -OCH3 is 1. The molecule has 1 aromatic heterocycles. The average molecular weight is 425 g/mol. The topological polar surface area (TPSA) is 43.3 Å². The summed E-state index contributed by atoms with van der Waals surface area (Å²) in [7, 11) is 3.76. The Kier molecular flexibility index (Phi) is 5.22. The van der Waals surface area contributed by atoms with Gasteiger partial charge in [0.2, 0.25) is 0 Å². The van der Waals surface area contributed by atoms with Gasteiger partial charge in [0, 0.05) is 35.6 Å². The van der Waals surface area contributed by atoms with Crippen molar-refractivity contribution in [3.63, 3.8) is 0 Å². The van der Waals surface area contributed by atoms with Crippen LogP contribution in [0.4, 0.5) is 0 Å². The van der Waals surface area contributed by atoms with E-state index < -0.39 is 0 Å². The second-order valence-corrected chi connectivity index (χ2v) is 8.71. The van der Waals surface area contributed by atoms with E-state index in [1.54, 1.807) is 7.11 Å². The van der Waals surface area contributed by atoms with Crippen LogP contribution in [-0.4, -0.2) is 24.1 Å². The van der Waals surface area contributed by atoms with E-state index in [1.165, 1.54) is 27.7 Å². The van der Waals surface area contributed by atoms with Crippen LogP contribution >= 0.6 is 0 Å². The summed E-state index contributed by atoms with van der Waals surface area (Å²) in [5, 5.41) is 4.56. The summed E-state index contributed by atoms with van der Waals surface area (Å²) >= 11 is 0. The number of benzene rings is 3. The Morgan fingerprint density at radius 3 is 2.53 bits per heavy atom. The predicted octanol–water partition coefficient (Wildman–Crippen LogP) is 5.04. The molecule has 0 spiro atoms. The quantitative estimate of drug-likeness (QED) is 0.488. The molecular weight excluding hydrogens is 396 g/mol. The number of aryl methyl sites for hydroxylation is 1. The van der Waals surface area contributed by atoms with Crippen molar-refractivity contribution in [3.05, 3.63) is 101 Å². The Bertz CT molecular complexity index is 1280. The number of nitrogens with one attached hydrogen (secondary N) is 1. The normalized spacial score (nSPS) is 17.7. The first kappa shape index (κ1) is 20.4. The number of nitrogens with zero attached hydrogens (tertiary/aromatic N) is 1. The SMILES string of the molecule is COc1ccccc1C(=O)NCC1(c2ccccc2)CCc2c(c3ccccc3n2C)C1. The van der Waals surface area contributed by atoms with Crippen LogP contribution in [-0.2, 0) is 25.3 Å². The number of amides is 1. The molecular formula is C28H28N2O2. The van der Waals surface area contributed by atoms with E-state index in [9.17, 15) is 4.79 Å². The third-order valence-corrected chi connectivity index (χ3v) is 7.02. The maximum absolute atomic E-state index is 13.1. The van der Waals surface area contributed by atoms with Gasteiger partial charge in [-0.3, -0.25) is 4.79 Å². The summed E-state index contributed by atoms with van der Waals surface area (Å²) in [6.07, 6.45) is 2.88. The van der Waals surface area contributed by atoms with Crippen molar-refractivity contribution in [2.75, 3.05) is 13.7 Å². The van der Waals surface area contributed by atoms with E-state index in [1.807, 2.05) is 24.3 Å². The monoisotopic (exact) mass is 424 g/mol. The van der Waals surface area contributed by atoms with Crippen LogP contribution in [0.5, 0.6) is 5.75 Å². The fourth-order valence-electron chi connectivity index (χ4n) is 5.29. The van der Waals surface area contributed by atoms with Crippen LogP contribution in [0.2, 0.25) is 0 Å². The molecule has 0 radical (unpaired) electrons. The second-order valence-electron chi connectivity index (χ2n) is 8.71. The summed E-state index contributed by atoms with van der Waals surface area (Å²) in [6, 6.07) is 26.7. The van der Waals surface area contributed by atoms with Crippen molar-refractivity contribution >= 4 is 16.8 Å². The van der Waals surface area contributed by atoms with Gasteiger partial charge in [0.15, 0.2) is 0 Å². The highest BCUT2D eigenvalue weighted by atomic mass is 16.5. The molecule has 0 saturated carbocycles. The molecule has 0 saturated heterocycles. The maximum atomic E-state index is 13.1. The van der Waals surface area contributed by atoms with E-state index in [0.717, 1.165) is 19.3 Å². The van der Waals surface area contributed by atoms with Gasteiger partial charge in [-0.1, -0.05) is 60.7 Å². The molecule has 0 aliphatic heterocycles. The van der Waals surface area contributed by atoms with Gasteiger partial charge in [0.1, 0.15) is 5.75 Å². The van der Waals surface area contributed by atoms with E-state index in [0.29, 0.717) is 17.9 Å². The fraction of sp³-hybridized carbons (Fsp3) is 0.250. The van der Waals surface area contributed by atoms with Crippen LogP contribution in [0.1, 0.15) is 33.6 Å². The molecule has 3 aromatic carbocycles. The molecule has 1 heterocycles. The number of ether oxygens (including phenoxy) is 1. The fourth-order valence-corrected chi connectivity index (χ4v) is 5.29. The van der Waals surface area contributed by atoms with Crippen LogP contribution in [0.25, 0.3) is 10.9 Å². The first-order chi connectivity index (χ1) is 15.6. The lowest BCUT2D eigenvalue weighted by molar-refractivity contribution is 0.0937. The smallest absolute Gasteiger partial charge is 0.255 e. The highest BCUT2D eigenvalue weighted by molar-refractivity contribution is 5.97. The summed E-state index contributed by atoms with van der Waals surface area (Å²) in [5.74, 6) is 0.500. The lowest BCUT2D eigenvalue weighted by Gasteiger charge is -2.38. The molecule has 1 aliphatic carbocycles. The minimum Gasteiger partial charge on any atom is -0.496 e. The van der Waals surface area contributed by atoms with Crippen LogP contribution in [0.3, 0.4) is 0 Å². The van der Waals surface area contributed by atoms with Gasteiger partial charge in [-0.25, -0.2) is 0 Å².